The van der Waals surface area contributed by atoms with E-state index in [1.54, 1.807) is 56.5 Å². The lowest BCUT2D eigenvalue weighted by atomic mass is 9.91. The minimum atomic E-state index is -0.695. The van der Waals surface area contributed by atoms with Crippen molar-refractivity contribution >= 4 is 34.5 Å². The van der Waals surface area contributed by atoms with Crippen molar-refractivity contribution in [1.82, 2.24) is 8.75 Å². The van der Waals surface area contributed by atoms with E-state index in [4.69, 9.17) is 9.47 Å². The van der Waals surface area contributed by atoms with Gasteiger partial charge in [0.25, 0.3) is 0 Å². The van der Waals surface area contributed by atoms with Gasteiger partial charge in [-0.15, -0.1) is 0 Å². The van der Waals surface area contributed by atoms with Gasteiger partial charge < -0.3 is 9.47 Å². The number of carbonyl (C=O) groups is 2. The van der Waals surface area contributed by atoms with Crippen molar-refractivity contribution < 1.29 is 19.1 Å². The highest BCUT2D eigenvalue weighted by Crippen LogP contribution is 2.27. The number of fused-ring (bicyclic) bond motifs is 1. The van der Waals surface area contributed by atoms with Crippen LogP contribution in [0.15, 0.2) is 42.5 Å². The van der Waals surface area contributed by atoms with Gasteiger partial charge in [-0.05, 0) is 36.8 Å². The number of benzene rings is 2. The summed E-state index contributed by atoms with van der Waals surface area (Å²) >= 11 is 1.11. The second kappa shape index (κ2) is 8.05. The van der Waals surface area contributed by atoms with E-state index >= 15 is 0 Å². The van der Waals surface area contributed by atoms with E-state index in [9.17, 15) is 9.59 Å². The molecular weight excluding hydrogens is 352 g/mol. The van der Waals surface area contributed by atoms with Crippen LogP contribution in [0.4, 0.5) is 0 Å². The van der Waals surface area contributed by atoms with Crippen molar-refractivity contribution in [2.45, 2.75) is 19.3 Å². The summed E-state index contributed by atoms with van der Waals surface area (Å²) < 4.78 is 18.7. The van der Waals surface area contributed by atoms with Crippen LogP contribution in [0.5, 0.6) is 5.75 Å². The predicted octanol–water partition coefficient (Wildman–Crippen LogP) is 3.62. The van der Waals surface area contributed by atoms with Gasteiger partial charge in [0.1, 0.15) is 16.8 Å². The minimum Gasteiger partial charge on any atom is -0.497 e. The molecule has 0 spiro atoms. The molecule has 2 aromatic carbocycles. The Morgan fingerprint density at radius 1 is 1.12 bits per heavy atom. The molecule has 26 heavy (non-hydrogen) atoms. The molecule has 7 heteroatoms. The van der Waals surface area contributed by atoms with E-state index in [2.05, 4.69) is 8.75 Å². The molecule has 1 atom stereocenters. The lowest BCUT2D eigenvalue weighted by Crippen LogP contribution is -2.19. The van der Waals surface area contributed by atoms with Crippen LogP contribution in [0.25, 0.3) is 11.0 Å². The van der Waals surface area contributed by atoms with Crippen LogP contribution < -0.4 is 4.74 Å². The summed E-state index contributed by atoms with van der Waals surface area (Å²) in [5.74, 6) is -0.678. The summed E-state index contributed by atoms with van der Waals surface area (Å²) in [6.45, 7) is 2.00. The van der Waals surface area contributed by atoms with Crippen LogP contribution in [0, 0.1) is 0 Å². The molecule has 0 bridgehead atoms. The maximum Gasteiger partial charge on any atom is 0.313 e. The van der Waals surface area contributed by atoms with Gasteiger partial charge in [0.05, 0.1) is 31.4 Å². The molecule has 1 unspecified atom stereocenters. The van der Waals surface area contributed by atoms with Crippen LogP contribution in [0.3, 0.4) is 0 Å². The molecule has 0 saturated heterocycles. The standard InChI is InChI=1S/C19H18N2O4S/c1-3-25-19(23)15(12-7-8-16-17(10-12)21-26-20-16)11-18(22)13-5-4-6-14(9-13)24-2/h4-10,15H,3,11H2,1-2H3. The number of hydrogen-bond donors (Lipinski definition) is 0. The zero-order valence-corrected chi connectivity index (χ0v) is 15.3. The van der Waals surface area contributed by atoms with Crippen LogP contribution in [0.1, 0.15) is 35.2 Å². The Hall–Kier alpha value is -2.80. The number of hydrogen-bond acceptors (Lipinski definition) is 7. The highest BCUT2D eigenvalue weighted by atomic mass is 32.1. The van der Waals surface area contributed by atoms with Gasteiger partial charge in [-0.1, -0.05) is 18.2 Å². The summed E-state index contributed by atoms with van der Waals surface area (Å²) in [6.07, 6.45) is 0.00900. The van der Waals surface area contributed by atoms with Crippen molar-refractivity contribution in [3.63, 3.8) is 0 Å². The molecule has 6 nitrogen and oxygen atoms in total. The number of ether oxygens (including phenoxy) is 2. The SMILES string of the molecule is CCOC(=O)C(CC(=O)c1cccc(OC)c1)c1ccc2nsnc2c1. The number of ketones is 1. The van der Waals surface area contributed by atoms with Crippen LogP contribution >= 0.6 is 11.7 Å². The molecule has 134 valence electrons. The smallest absolute Gasteiger partial charge is 0.313 e. The number of esters is 1. The molecule has 0 aliphatic carbocycles. The molecule has 0 aliphatic rings. The van der Waals surface area contributed by atoms with E-state index < -0.39 is 11.9 Å². The largest absolute Gasteiger partial charge is 0.497 e. The van der Waals surface area contributed by atoms with E-state index in [0.29, 0.717) is 22.4 Å². The Morgan fingerprint density at radius 2 is 1.92 bits per heavy atom. The Labute approximate surface area is 155 Å². The van der Waals surface area contributed by atoms with E-state index in [-0.39, 0.29) is 18.8 Å². The molecule has 0 fully saturated rings. The molecule has 3 rings (SSSR count). The third-order valence-corrected chi connectivity index (χ3v) is 4.59. The predicted molar refractivity (Wildman–Crippen MR) is 98.7 cm³/mol. The molecular formula is C19H18N2O4S. The van der Waals surface area contributed by atoms with E-state index in [1.807, 2.05) is 0 Å². The Morgan fingerprint density at radius 3 is 2.69 bits per heavy atom. The average Bonchev–Trinajstić information content (AvgIpc) is 3.13. The number of rotatable bonds is 7. The minimum absolute atomic E-state index is 0.00900. The summed E-state index contributed by atoms with van der Waals surface area (Å²) in [5.41, 5.74) is 2.66. The van der Waals surface area contributed by atoms with E-state index in [1.165, 1.54) is 0 Å². The number of methoxy groups -OCH3 is 1. The van der Waals surface area contributed by atoms with Crippen molar-refractivity contribution in [3.8, 4) is 5.75 Å². The fraction of sp³-hybridized carbons (Fsp3) is 0.263. The molecule has 3 aromatic rings. The first-order valence-corrected chi connectivity index (χ1v) is 8.91. The normalized spacial score (nSPS) is 11.9. The number of Topliss-reactive ketones (excluding diaryl/α,β-unsaturated/α-hetero) is 1. The zero-order valence-electron chi connectivity index (χ0n) is 14.5. The average molecular weight is 370 g/mol. The highest BCUT2D eigenvalue weighted by Gasteiger charge is 2.26. The quantitative estimate of drug-likeness (QED) is 0.467. The van der Waals surface area contributed by atoms with Gasteiger partial charge in [0, 0.05) is 12.0 Å². The molecule has 0 saturated carbocycles. The van der Waals surface area contributed by atoms with Crippen molar-refractivity contribution in [2.24, 2.45) is 0 Å². The first kappa shape index (κ1) is 18.0. The topological polar surface area (TPSA) is 78.4 Å². The maximum atomic E-state index is 12.7. The van der Waals surface area contributed by atoms with Gasteiger partial charge in [-0.25, -0.2) is 0 Å². The zero-order chi connectivity index (χ0) is 18.5. The molecule has 0 radical (unpaired) electrons. The lowest BCUT2D eigenvalue weighted by molar-refractivity contribution is -0.144. The molecule has 1 aromatic heterocycles. The lowest BCUT2D eigenvalue weighted by Gasteiger charge is -2.15. The Balaban J connectivity index is 1.90. The van der Waals surface area contributed by atoms with Crippen molar-refractivity contribution in [1.29, 1.82) is 0 Å². The molecule has 0 amide bonds. The highest BCUT2D eigenvalue weighted by molar-refractivity contribution is 7.00. The second-order valence-corrected chi connectivity index (χ2v) is 6.20. The summed E-state index contributed by atoms with van der Waals surface area (Å²) in [4.78, 5) is 25.2. The molecule has 0 N–H and O–H groups in total. The summed E-state index contributed by atoms with van der Waals surface area (Å²) in [6, 6.07) is 12.3. The van der Waals surface area contributed by atoms with Crippen molar-refractivity contribution in [3.05, 3.63) is 53.6 Å². The van der Waals surface area contributed by atoms with Gasteiger partial charge in [-0.2, -0.15) is 8.75 Å². The third-order valence-electron chi connectivity index (χ3n) is 4.03. The van der Waals surface area contributed by atoms with Crippen molar-refractivity contribution in [2.75, 3.05) is 13.7 Å². The van der Waals surface area contributed by atoms with Crippen LogP contribution in [-0.2, 0) is 9.53 Å². The number of nitrogens with zero attached hydrogens (tertiary/aromatic N) is 2. The van der Waals surface area contributed by atoms with Gasteiger partial charge in [0.2, 0.25) is 0 Å². The van der Waals surface area contributed by atoms with Gasteiger partial charge in [-0.3, -0.25) is 9.59 Å². The second-order valence-electron chi connectivity index (χ2n) is 5.68. The number of carbonyl (C=O) groups excluding carboxylic acids is 2. The van der Waals surface area contributed by atoms with Gasteiger partial charge >= 0.3 is 5.97 Å². The maximum absolute atomic E-state index is 12.7. The van der Waals surface area contributed by atoms with Gasteiger partial charge in [0.15, 0.2) is 5.78 Å². The first-order valence-electron chi connectivity index (χ1n) is 8.18. The van der Waals surface area contributed by atoms with Crippen LogP contribution in [-0.4, -0.2) is 34.2 Å². The third kappa shape index (κ3) is 3.88. The monoisotopic (exact) mass is 370 g/mol. The summed E-state index contributed by atoms with van der Waals surface area (Å²) in [7, 11) is 1.54. The Bertz CT molecular complexity index is 938. The number of aromatic nitrogens is 2. The van der Waals surface area contributed by atoms with Crippen LogP contribution in [0.2, 0.25) is 0 Å². The fourth-order valence-corrected chi connectivity index (χ4v) is 3.21. The Kier molecular flexibility index (Phi) is 5.58. The van der Waals surface area contributed by atoms with E-state index in [0.717, 1.165) is 17.2 Å². The molecule has 0 aliphatic heterocycles. The molecule has 1 heterocycles. The fourth-order valence-electron chi connectivity index (χ4n) is 2.70. The summed E-state index contributed by atoms with van der Waals surface area (Å²) in [5, 5.41) is 0. The first-order chi connectivity index (χ1) is 12.6.